The maximum Gasteiger partial charge on any atom is 0.275 e. The molecule has 1 aromatic carbocycles. The molecule has 0 bridgehead atoms. The number of hydrogen-bond acceptors (Lipinski definition) is 4. The number of benzene rings is 1. The van der Waals surface area contributed by atoms with Crippen molar-refractivity contribution in [3.05, 3.63) is 52.4 Å². The smallest absolute Gasteiger partial charge is 0.275 e. The first-order valence-corrected chi connectivity index (χ1v) is 4.80. The van der Waals surface area contributed by atoms with Crippen LogP contribution in [0.5, 0.6) is 5.75 Å². The first-order chi connectivity index (χ1) is 7.72. The molecule has 5 heteroatoms. The molecule has 82 valence electrons. The third kappa shape index (κ3) is 1.80. The Morgan fingerprint density at radius 3 is 2.62 bits per heavy atom. The highest BCUT2D eigenvalue weighted by Gasteiger charge is 2.07. The summed E-state index contributed by atoms with van der Waals surface area (Å²) >= 11 is 0. The maximum absolute atomic E-state index is 11.6. The molecule has 2 aromatic rings. The molecule has 0 aliphatic heterocycles. The van der Waals surface area contributed by atoms with Crippen LogP contribution in [0.3, 0.4) is 0 Å². The van der Waals surface area contributed by atoms with Crippen molar-refractivity contribution < 1.29 is 5.11 Å². The third-order valence-electron chi connectivity index (χ3n) is 2.18. The Bertz CT molecular complexity index is 549. The average Bonchev–Trinajstić information content (AvgIpc) is 2.30. The van der Waals surface area contributed by atoms with E-state index in [1.165, 1.54) is 4.68 Å². The summed E-state index contributed by atoms with van der Waals surface area (Å²) in [6.45, 7) is 0.0823. The highest BCUT2D eigenvalue weighted by Crippen LogP contribution is 2.11. The second-order valence-electron chi connectivity index (χ2n) is 3.27. The predicted molar refractivity (Wildman–Crippen MR) is 59.4 cm³/mol. The molecule has 0 amide bonds. The molecular formula is C11H11N3O2. The number of hydrogen-bond donors (Lipinski definition) is 2. The molecule has 3 N–H and O–H groups in total. The molecule has 1 heterocycles. The van der Waals surface area contributed by atoms with E-state index >= 15 is 0 Å². The fraction of sp³-hybridized carbons (Fsp3) is 0.0909. The van der Waals surface area contributed by atoms with Crippen LogP contribution >= 0.6 is 0 Å². The predicted octanol–water partition coefficient (Wildman–Crippen LogP) is 0.397. The lowest BCUT2D eigenvalue weighted by Crippen LogP contribution is -2.22. The largest absolute Gasteiger partial charge is 0.506 e. The lowest BCUT2D eigenvalue weighted by molar-refractivity contribution is 0.457. The van der Waals surface area contributed by atoms with Gasteiger partial charge in [-0.2, -0.15) is 9.78 Å². The standard InChI is InChI=1S/C11H11N3O2/c12-7-9-10(15)6-11(16)14(13-9)8-4-2-1-3-5-8/h1-6,15H,7,12H2. The molecule has 0 spiro atoms. The number of nitrogens with two attached hydrogens (primary N) is 1. The van der Waals surface area contributed by atoms with Crippen LogP contribution in [-0.2, 0) is 6.54 Å². The van der Waals surface area contributed by atoms with Gasteiger partial charge in [-0.25, -0.2) is 0 Å². The van der Waals surface area contributed by atoms with E-state index in [9.17, 15) is 9.90 Å². The third-order valence-corrected chi connectivity index (χ3v) is 2.18. The summed E-state index contributed by atoms with van der Waals surface area (Å²) in [6, 6.07) is 10.1. The Morgan fingerprint density at radius 1 is 1.31 bits per heavy atom. The van der Waals surface area contributed by atoms with Crippen LogP contribution in [0.2, 0.25) is 0 Å². The van der Waals surface area contributed by atoms with Gasteiger partial charge in [-0.1, -0.05) is 18.2 Å². The normalized spacial score (nSPS) is 10.3. The van der Waals surface area contributed by atoms with E-state index in [2.05, 4.69) is 5.10 Å². The molecule has 1 aromatic heterocycles. The average molecular weight is 217 g/mol. The van der Waals surface area contributed by atoms with Crippen LogP contribution in [-0.4, -0.2) is 14.9 Å². The fourth-order valence-corrected chi connectivity index (χ4v) is 1.38. The minimum Gasteiger partial charge on any atom is -0.506 e. The summed E-state index contributed by atoms with van der Waals surface area (Å²) in [5.74, 6) is -0.167. The van der Waals surface area contributed by atoms with Gasteiger partial charge in [0.15, 0.2) is 0 Å². The SMILES string of the molecule is NCc1nn(-c2ccccc2)c(=O)cc1O. The van der Waals surface area contributed by atoms with E-state index in [-0.39, 0.29) is 17.9 Å². The van der Waals surface area contributed by atoms with Crippen molar-refractivity contribution in [1.29, 1.82) is 0 Å². The van der Waals surface area contributed by atoms with Crippen LogP contribution in [0.15, 0.2) is 41.2 Å². The van der Waals surface area contributed by atoms with Crippen LogP contribution in [0.25, 0.3) is 5.69 Å². The van der Waals surface area contributed by atoms with Crippen molar-refractivity contribution in [1.82, 2.24) is 9.78 Å². The van der Waals surface area contributed by atoms with Gasteiger partial charge in [-0.3, -0.25) is 4.79 Å². The van der Waals surface area contributed by atoms with Gasteiger partial charge in [0.2, 0.25) is 0 Å². The maximum atomic E-state index is 11.6. The van der Waals surface area contributed by atoms with Crippen molar-refractivity contribution in [2.75, 3.05) is 0 Å². The van der Waals surface area contributed by atoms with Crippen molar-refractivity contribution in [3.63, 3.8) is 0 Å². The molecule has 0 aliphatic carbocycles. The molecule has 0 aliphatic rings. The molecule has 0 saturated carbocycles. The van der Waals surface area contributed by atoms with E-state index in [0.29, 0.717) is 11.4 Å². The van der Waals surface area contributed by atoms with Gasteiger partial charge >= 0.3 is 0 Å². The van der Waals surface area contributed by atoms with Crippen molar-refractivity contribution in [2.24, 2.45) is 5.73 Å². The zero-order valence-electron chi connectivity index (χ0n) is 8.50. The van der Waals surface area contributed by atoms with Crippen LogP contribution in [0.4, 0.5) is 0 Å². The lowest BCUT2D eigenvalue weighted by atomic mass is 10.3. The summed E-state index contributed by atoms with van der Waals surface area (Å²) in [6.07, 6.45) is 0. The molecular weight excluding hydrogens is 206 g/mol. The molecule has 16 heavy (non-hydrogen) atoms. The van der Waals surface area contributed by atoms with E-state index < -0.39 is 0 Å². The van der Waals surface area contributed by atoms with Crippen LogP contribution in [0.1, 0.15) is 5.69 Å². The van der Waals surface area contributed by atoms with Gasteiger partial charge < -0.3 is 10.8 Å². The second kappa shape index (κ2) is 4.16. The Balaban J connectivity index is 2.62. The minimum absolute atomic E-state index is 0.0823. The zero-order valence-corrected chi connectivity index (χ0v) is 8.50. The Labute approximate surface area is 91.8 Å². The van der Waals surface area contributed by atoms with Crippen LogP contribution in [0, 0.1) is 0 Å². The lowest BCUT2D eigenvalue weighted by Gasteiger charge is -2.06. The van der Waals surface area contributed by atoms with Gasteiger partial charge in [-0.15, -0.1) is 0 Å². The molecule has 0 radical (unpaired) electrons. The first kappa shape index (κ1) is 10.4. The van der Waals surface area contributed by atoms with Crippen LogP contribution < -0.4 is 11.3 Å². The molecule has 0 saturated heterocycles. The van der Waals surface area contributed by atoms with Gasteiger partial charge in [0, 0.05) is 12.6 Å². The minimum atomic E-state index is -0.388. The van der Waals surface area contributed by atoms with E-state index in [1.54, 1.807) is 24.3 Å². The van der Waals surface area contributed by atoms with E-state index in [4.69, 9.17) is 5.73 Å². The number of para-hydroxylation sites is 1. The number of rotatable bonds is 2. The quantitative estimate of drug-likeness (QED) is 0.762. The summed E-state index contributed by atoms with van der Waals surface area (Å²) in [5.41, 5.74) is 5.96. The molecule has 2 rings (SSSR count). The zero-order chi connectivity index (χ0) is 11.5. The topological polar surface area (TPSA) is 81.1 Å². The monoisotopic (exact) mass is 217 g/mol. The molecule has 0 atom stereocenters. The van der Waals surface area contributed by atoms with Crippen molar-refractivity contribution in [3.8, 4) is 11.4 Å². The Hall–Kier alpha value is -2.14. The highest BCUT2D eigenvalue weighted by atomic mass is 16.3. The summed E-state index contributed by atoms with van der Waals surface area (Å²) in [4.78, 5) is 11.6. The van der Waals surface area contributed by atoms with Gasteiger partial charge in [-0.05, 0) is 12.1 Å². The molecule has 5 nitrogen and oxygen atoms in total. The summed E-state index contributed by atoms with van der Waals surface area (Å²) < 4.78 is 1.21. The van der Waals surface area contributed by atoms with Crippen molar-refractivity contribution in [2.45, 2.75) is 6.54 Å². The first-order valence-electron chi connectivity index (χ1n) is 4.80. The number of nitrogens with zero attached hydrogens (tertiary/aromatic N) is 2. The Kier molecular flexibility index (Phi) is 2.70. The van der Waals surface area contributed by atoms with E-state index in [1.807, 2.05) is 6.07 Å². The van der Waals surface area contributed by atoms with Crippen molar-refractivity contribution >= 4 is 0 Å². The van der Waals surface area contributed by atoms with Gasteiger partial charge in [0.05, 0.1) is 5.69 Å². The number of aromatic hydroxyl groups is 1. The summed E-state index contributed by atoms with van der Waals surface area (Å²) in [7, 11) is 0. The van der Waals surface area contributed by atoms with Gasteiger partial charge in [0.25, 0.3) is 5.56 Å². The molecule has 0 unspecified atom stereocenters. The second-order valence-corrected chi connectivity index (χ2v) is 3.27. The summed E-state index contributed by atoms with van der Waals surface area (Å²) in [5, 5.41) is 13.4. The number of aromatic nitrogens is 2. The highest BCUT2D eigenvalue weighted by molar-refractivity contribution is 5.32. The van der Waals surface area contributed by atoms with E-state index in [0.717, 1.165) is 6.07 Å². The molecule has 0 fully saturated rings. The van der Waals surface area contributed by atoms with Gasteiger partial charge in [0.1, 0.15) is 11.4 Å². The fourth-order valence-electron chi connectivity index (χ4n) is 1.38. The Morgan fingerprint density at radius 2 is 2.00 bits per heavy atom.